The number of carbonyl (C=O) groups excluding carboxylic acids is 1. The molecule has 5 aromatic rings. The van der Waals surface area contributed by atoms with Crippen LogP contribution in [0.5, 0.6) is 17.2 Å². The van der Waals surface area contributed by atoms with Crippen molar-refractivity contribution in [3.8, 4) is 17.2 Å². The zero-order valence-electron chi connectivity index (χ0n) is 35.3. The van der Waals surface area contributed by atoms with Crippen LogP contribution in [0, 0.1) is 6.92 Å². The Labute approximate surface area is 347 Å². The highest BCUT2D eigenvalue weighted by Crippen LogP contribution is 2.44. The molecule has 0 unspecified atom stereocenters. The second-order valence-electron chi connectivity index (χ2n) is 16.4. The normalized spacial score (nSPS) is 17.1. The number of nitrogens with zero attached hydrogens (tertiary/aromatic N) is 2. The Balaban J connectivity index is 1.35. The van der Waals surface area contributed by atoms with Gasteiger partial charge in [0, 0.05) is 31.1 Å². The Morgan fingerprint density at radius 1 is 0.780 bits per heavy atom. The zero-order chi connectivity index (χ0) is 42.4. The van der Waals surface area contributed by atoms with Gasteiger partial charge in [0.1, 0.15) is 41.8 Å². The second kappa shape index (κ2) is 18.3. The lowest BCUT2D eigenvalue weighted by molar-refractivity contribution is -0.121. The molecule has 0 bridgehead atoms. The summed E-state index contributed by atoms with van der Waals surface area (Å²) < 4.78 is 40.5. The van der Waals surface area contributed by atoms with E-state index in [1.165, 1.54) is 4.57 Å². The smallest absolute Gasteiger partial charge is 0.333 e. The molecule has 312 valence electrons. The lowest BCUT2D eigenvalue weighted by atomic mass is 9.80. The third-order valence-electron chi connectivity index (χ3n) is 11.5. The van der Waals surface area contributed by atoms with Gasteiger partial charge in [-0.2, -0.15) is 0 Å². The largest absolute Gasteiger partial charge is 0.497 e. The van der Waals surface area contributed by atoms with Crippen molar-refractivity contribution >= 4 is 14.1 Å². The van der Waals surface area contributed by atoms with Crippen molar-refractivity contribution in [2.75, 3.05) is 27.4 Å². The van der Waals surface area contributed by atoms with Crippen molar-refractivity contribution in [1.29, 1.82) is 0 Å². The monoisotopic (exact) mass is 820 g/mol. The molecule has 0 radical (unpaired) electrons. The van der Waals surface area contributed by atoms with Gasteiger partial charge >= 0.3 is 5.69 Å². The van der Waals surface area contributed by atoms with Crippen LogP contribution in [0.1, 0.15) is 62.1 Å². The van der Waals surface area contributed by atoms with Crippen molar-refractivity contribution in [2.45, 2.75) is 89.3 Å². The van der Waals surface area contributed by atoms with Crippen molar-refractivity contribution in [3.63, 3.8) is 0 Å². The number of benzene rings is 4. The van der Waals surface area contributed by atoms with E-state index in [9.17, 15) is 14.4 Å². The van der Waals surface area contributed by atoms with E-state index in [0.29, 0.717) is 29.2 Å². The van der Waals surface area contributed by atoms with Gasteiger partial charge in [-0.1, -0.05) is 93.6 Å². The Bertz CT molecular complexity index is 2240. The maximum atomic E-state index is 14.2. The van der Waals surface area contributed by atoms with Crippen molar-refractivity contribution in [3.05, 3.63) is 158 Å². The number of hydrogen-bond donors (Lipinski definition) is 0. The number of hydrogen-bond acceptors (Lipinski definition) is 9. The number of ketones is 1. The molecule has 0 spiro atoms. The molecule has 4 aromatic carbocycles. The molecule has 1 fully saturated rings. The fourth-order valence-electron chi connectivity index (χ4n) is 7.13. The third-order valence-corrected chi connectivity index (χ3v) is 16.0. The van der Waals surface area contributed by atoms with Crippen LogP contribution in [-0.2, 0) is 30.8 Å². The van der Waals surface area contributed by atoms with Gasteiger partial charge in [-0.05, 0) is 78.1 Å². The van der Waals surface area contributed by atoms with Crippen LogP contribution in [0.3, 0.4) is 0 Å². The molecule has 11 nitrogen and oxygen atoms in total. The molecule has 0 amide bonds. The van der Waals surface area contributed by atoms with E-state index in [1.54, 1.807) is 39.5 Å². The molecule has 1 aliphatic heterocycles. The lowest BCUT2D eigenvalue weighted by Gasteiger charge is -2.40. The standard InChI is InChI=1S/C47H56N2O9Si/c1-33-30-49(45(52)48(44(33)51)28-27-37(50)31-55-40-17-13-10-14-18-40)43-29-41(58-59(7,8)46(2,3)4)42(57-43)32-56-47(34-15-11-9-12-16-34,35-19-23-38(53-5)24-20-35)36-21-25-39(54-6)26-22-36/h9-26,30,41-43H,27-29,31-32H2,1-8H3/t41-,42+,43+/m0/s1. The number of Topliss-reactive ketones (excluding diaryl/α,β-unsaturated/α-hetero) is 1. The Kier molecular flexibility index (Phi) is 13.5. The molecule has 6 rings (SSSR count). The molecule has 2 heterocycles. The first kappa shape index (κ1) is 43.3. The minimum absolute atomic E-state index is 0.0528. The maximum absolute atomic E-state index is 14.2. The SMILES string of the molecule is COc1ccc(C(OC[C@H]2O[C@@H](n3cc(C)c(=O)n(CCC(=O)COc4ccccc4)c3=O)C[C@@H]2O[Si](C)(C)C(C)(C)C)(c2ccccc2)c2ccc(OC)cc2)cc1. The van der Waals surface area contributed by atoms with Crippen LogP contribution in [-0.4, -0.2) is 62.9 Å². The van der Waals surface area contributed by atoms with Gasteiger partial charge in [-0.3, -0.25) is 18.7 Å². The molecule has 1 aliphatic rings. The summed E-state index contributed by atoms with van der Waals surface area (Å²) in [6.07, 6.45) is -0.0133. The molecule has 1 saturated heterocycles. The van der Waals surface area contributed by atoms with Crippen LogP contribution >= 0.6 is 0 Å². The molecule has 59 heavy (non-hydrogen) atoms. The summed E-state index contributed by atoms with van der Waals surface area (Å²) in [6, 6.07) is 34.7. The quantitative estimate of drug-likeness (QED) is 0.0679. The second-order valence-corrected chi connectivity index (χ2v) is 21.2. The molecule has 1 aromatic heterocycles. The van der Waals surface area contributed by atoms with Crippen molar-refractivity contribution in [1.82, 2.24) is 9.13 Å². The highest BCUT2D eigenvalue weighted by Gasteiger charge is 2.47. The summed E-state index contributed by atoms with van der Waals surface area (Å²) in [5, 5.41) is -0.117. The van der Waals surface area contributed by atoms with Crippen LogP contribution in [0.4, 0.5) is 0 Å². The lowest BCUT2D eigenvalue weighted by Crippen LogP contribution is -2.47. The van der Waals surface area contributed by atoms with Crippen LogP contribution < -0.4 is 25.5 Å². The number of ether oxygens (including phenoxy) is 5. The summed E-state index contributed by atoms with van der Waals surface area (Å²) in [7, 11) is 0.883. The predicted octanol–water partition coefficient (Wildman–Crippen LogP) is 8.06. The molecular weight excluding hydrogens is 765 g/mol. The summed E-state index contributed by atoms with van der Waals surface area (Å²) in [5.74, 6) is 1.75. The first-order valence-electron chi connectivity index (χ1n) is 20.0. The predicted molar refractivity (Wildman–Crippen MR) is 230 cm³/mol. The van der Waals surface area contributed by atoms with Crippen LogP contribution in [0.15, 0.2) is 125 Å². The highest BCUT2D eigenvalue weighted by atomic mass is 28.4. The molecule has 0 aliphatic carbocycles. The van der Waals surface area contributed by atoms with Crippen molar-refractivity contribution < 1.29 is 32.9 Å². The molecule has 12 heteroatoms. The average Bonchev–Trinajstić information content (AvgIpc) is 3.63. The number of rotatable bonds is 17. The summed E-state index contributed by atoms with van der Waals surface area (Å²) in [5.41, 5.74) is 0.855. The summed E-state index contributed by atoms with van der Waals surface area (Å²) in [4.78, 5) is 40.4. The molecule has 3 atom stereocenters. The van der Waals surface area contributed by atoms with Gasteiger partial charge in [0.25, 0.3) is 5.56 Å². The van der Waals surface area contributed by atoms with E-state index in [1.807, 2.05) is 97.1 Å². The Morgan fingerprint density at radius 2 is 1.32 bits per heavy atom. The van der Waals surface area contributed by atoms with Gasteiger partial charge < -0.3 is 28.1 Å². The first-order chi connectivity index (χ1) is 28.2. The summed E-state index contributed by atoms with van der Waals surface area (Å²) in [6.45, 7) is 12.4. The van der Waals surface area contributed by atoms with E-state index >= 15 is 0 Å². The van der Waals surface area contributed by atoms with Crippen molar-refractivity contribution in [2.24, 2.45) is 0 Å². The van der Waals surface area contributed by atoms with Gasteiger partial charge in [-0.25, -0.2) is 4.79 Å². The van der Waals surface area contributed by atoms with Crippen LogP contribution in [0.25, 0.3) is 0 Å². The highest BCUT2D eigenvalue weighted by molar-refractivity contribution is 6.74. The van der Waals surface area contributed by atoms with E-state index in [-0.39, 0.29) is 37.0 Å². The topological polar surface area (TPSA) is 116 Å². The molecule has 0 saturated carbocycles. The fraction of sp³-hybridized carbons (Fsp3) is 0.383. The van der Waals surface area contributed by atoms with Gasteiger partial charge in [0.15, 0.2) is 14.1 Å². The Morgan fingerprint density at radius 3 is 1.86 bits per heavy atom. The van der Waals surface area contributed by atoms with Gasteiger partial charge in [0.05, 0.1) is 26.9 Å². The minimum atomic E-state index is -2.39. The minimum Gasteiger partial charge on any atom is -0.497 e. The number of aryl methyl sites for hydroxylation is 1. The molecular formula is C47H56N2O9Si. The van der Waals surface area contributed by atoms with Gasteiger partial charge in [-0.15, -0.1) is 0 Å². The number of aromatic nitrogens is 2. The average molecular weight is 821 g/mol. The van der Waals surface area contributed by atoms with Crippen LogP contribution in [0.2, 0.25) is 18.1 Å². The molecule has 0 N–H and O–H groups in total. The van der Waals surface area contributed by atoms with E-state index in [2.05, 4.69) is 33.9 Å². The Hall–Kier alpha value is -5.27. The van der Waals surface area contributed by atoms with Gasteiger partial charge in [0.2, 0.25) is 0 Å². The van der Waals surface area contributed by atoms with E-state index in [0.717, 1.165) is 21.3 Å². The van der Waals surface area contributed by atoms with E-state index in [4.69, 9.17) is 28.1 Å². The van der Waals surface area contributed by atoms with E-state index < -0.39 is 43.6 Å². The summed E-state index contributed by atoms with van der Waals surface area (Å²) >= 11 is 0. The fourth-order valence-corrected chi connectivity index (χ4v) is 8.49. The first-order valence-corrected chi connectivity index (χ1v) is 22.9. The number of carbonyl (C=O) groups is 1. The number of methoxy groups -OCH3 is 2. The zero-order valence-corrected chi connectivity index (χ0v) is 36.3. The number of para-hydroxylation sites is 1. The third kappa shape index (κ3) is 9.63. The maximum Gasteiger partial charge on any atom is 0.333 e.